The van der Waals surface area contributed by atoms with E-state index in [1.54, 1.807) is 19.9 Å². The maximum atomic E-state index is 10.7. The highest BCUT2D eigenvalue weighted by Crippen LogP contribution is 2.12. The van der Waals surface area contributed by atoms with Gasteiger partial charge in [-0.2, -0.15) is 13.1 Å². The van der Waals surface area contributed by atoms with Crippen LogP contribution in [0.3, 0.4) is 0 Å². The van der Waals surface area contributed by atoms with Crippen molar-refractivity contribution in [3.05, 3.63) is 47.7 Å². The molecule has 1 N–H and O–H groups in total. The van der Waals surface area contributed by atoms with Crippen molar-refractivity contribution in [3.63, 3.8) is 0 Å². The third-order valence-corrected chi connectivity index (χ3v) is 5.77. The molecule has 1 aromatic carbocycles. The minimum Gasteiger partial charge on any atom is -0.376 e. The van der Waals surface area contributed by atoms with Crippen molar-refractivity contribution in [2.75, 3.05) is 20.6 Å². The summed E-state index contributed by atoms with van der Waals surface area (Å²) in [6, 6.07) is 10.7. The largest absolute Gasteiger partial charge is 0.382 e. The second-order valence-electron chi connectivity index (χ2n) is 8.29. The highest BCUT2D eigenvalue weighted by atomic mass is 32.2. The van der Waals surface area contributed by atoms with Crippen LogP contribution < -0.4 is 4.72 Å². The Morgan fingerprint density at radius 2 is 1.62 bits per heavy atom. The summed E-state index contributed by atoms with van der Waals surface area (Å²) in [5.41, 5.74) is 1.45. The monoisotopic (exact) mass is 427 g/mol. The number of allylic oxidation sites excluding steroid dienone is 1. The van der Waals surface area contributed by atoms with E-state index in [1.807, 2.05) is 0 Å². The smallest absolute Gasteiger partial charge is 0.376 e. The van der Waals surface area contributed by atoms with Gasteiger partial charge in [0.25, 0.3) is 0 Å². The molecule has 0 amide bonds. The lowest BCUT2D eigenvalue weighted by Gasteiger charge is -2.30. The summed E-state index contributed by atoms with van der Waals surface area (Å²) in [5, 5.41) is 0. The Hall–Kier alpha value is -1.37. The first-order valence-electron chi connectivity index (χ1n) is 10.4. The van der Waals surface area contributed by atoms with Crippen molar-refractivity contribution in [1.82, 2.24) is 4.72 Å². The van der Waals surface area contributed by atoms with Gasteiger partial charge in [-0.15, -0.1) is 0 Å². The molecule has 1 aromatic rings. The van der Waals surface area contributed by atoms with Crippen LogP contribution in [0.2, 0.25) is 0 Å². The fraction of sp³-hybridized carbons (Fsp3) is 0.652. The van der Waals surface area contributed by atoms with Crippen LogP contribution in [0, 0.1) is 0 Å². The van der Waals surface area contributed by atoms with E-state index in [-0.39, 0.29) is 13.5 Å². The molecule has 0 saturated carbocycles. The van der Waals surface area contributed by atoms with Crippen LogP contribution in [-0.2, 0) is 21.0 Å². The minimum absolute atomic E-state index is 0. The molecule has 0 saturated heterocycles. The Bertz CT molecular complexity index is 685. The third kappa shape index (κ3) is 13.5. The highest BCUT2D eigenvalue weighted by molar-refractivity contribution is 7.84. The molecule has 1 aliphatic rings. The first-order valence-corrected chi connectivity index (χ1v) is 11.8. The predicted octanol–water partition coefficient (Wildman–Crippen LogP) is 5.40. The molecule has 2 rings (SSSR count). The molecular weight excluding hydrogens is 384 g/mol. The van der Waals surface area contributed by atoms with Gasteiger partial charge in [-0.3, -0.25) is 0 Å². The van der Waals surface area contributed by atoms with Crippen LogP contribution in [0.5, 0.6) is 0 Å². The van der Waals surface area contributed by atoms with Crippen LogP contribution in [-0.4, -0.2) is 39.6 Å². The molecule has 168 valence electrons. The van der Waals surface area contributed by atoms with Gasteiger partial charge in [-0.25, -0.2) is 0 Å². The molecular formula is C23H43N2O3S+. The van der Waals surface area contributed by atoms with Gasteiger partial charge in [0.1, 0.15) is 12.3 Å². The minimum atomic E-state index is -3.50. The van der Waals surface area contributed by atoms with E-state index in [4.69, 9.17) is 0 Å². The standard InChI is InChI=1S/C17H30N.C5H9NO3S.CH4/c1-4-5-6-7-8-12-15-18(2,3)16-17-13-10-9-11-14-17;1-4-3-5(2)9-10(7,8)6-4;/h9-11,13-14H,4-8,12,15-16H2,1-3H3;3-4,6H,1-2H3;1H4/q+1;;. The van der Waals surface area contributed by atoms with E-state index in [9.17, 15) is 8.42 Å². The molecule has 1 unspecified atom stereocenters. The van der Waals surface area contributed by atoms with Crippen LogP contribution in [0.25, 0.3) is 0 Å². The Morgan fingerprint density at radius 3 is 2.17 bits per heavy atom. The summed E-state index contributed by atoms with van der Waals surface area (Å²) in [7, 11) is 1.19. The van der Waals surface area contributed by atoms with Crippen molar-refractivity contribution in [2.45, 2.75) is 79.3 Å². The molecule has 0 radical (unpaired) electrons. The average molecular weight is 428 g/mol. The van der Waals surface area contributed by atoms with Crippen LogP contribution in [0.15, 0.2) is 42.2 Å². The number of benzene rings is 1. The molecule has 0 fully saturated rings. The van der Waals surface area contributed by atoms with Gasteiger partial charge in [0.05, 0.1) is 20.6 Å². The lowest BCUT2D eigenvalue weighted by molar-refractivity contribution is -0.903. The lowest BCUT2D eigenvalue weighted by atomic mass is 10.1. The van der Waals surface area contributed by atoms with E-state index in [0.717, 1.165) is 11.0 Å². The van der Waals surface area contributed by atoms with Crippen molar-refractivity contribution in [1.29, 1.82) is 0 Å². The second-order valence-corrected chi connectivity index (χ2v) is 9.60. The highest BCUT2D eigenvalue weighted by Gasteiger charge is 2.20. The normalized spacial score (nSPS) is 17.8. The van der Waals surface area contributed by atoms with Gasteiger partial charge in [0, 0.05) is 11.6 Å². The number of nitrogens with zero attached hydrogens (tertiary/aromatic N) is 1. The van der Waals surface area contributed by atoms with Crippen molar-refractivity contribution >= 4 is 10.3 Å². The predicted molar refractivity (Wildman–Crippen MR) is 124 cm³/mol. The molecule has 0 bridgehead atoms. The number of rotatable bonds is 9. The Balaban J connectivity index is 0.000000606. The molecule has 0 spiro atoms. The lowest BCUT2D eigenvalue weighted by Crippen LogP contribution is -2.39. The molecule has 1 heterocycles. The first kappa shape index (κ1) is 27.6. The summed E-state index contributed by atoms with van der Waals surface area (Å²) in [5.74, 6) is 0.422. The van der Waals surface area contributed by atoms with Gasteiger partial charge >= 0.3 is 10.3 Å². The van der Waals surface area contributed by atoms with Crippen molar-refractivity contribution < 1.29 is 17.1 Å². The van der Waals surface area contributed by atoms with Gasteiger partial charge in [0.2, 0.25) is 0 Å². The Kier molecular flexibility index (Phi) is 13.1. The molecule has 6 heteroatoms. The quantitative estimate of drug-likeness (QED) is 0.424. The van der Waals surface area contributed by atoms with E-state index in [2.05, 4.69) is 60.3 Å². The van der Waals surface area contributed by atoms with Gasteiger partial charge < -0.3 is 8.67 Å². The average Bonchev–Trinajstić information content (AvgIpc) is 2.57. The Labute approximate surface area is 180 Å². The summed E-state index contributed by atoms with van der Waals surface area (Å²) in [6.07, 6.45) is 10.0. The maximum absolute atomic E-state index is 10.7. The topological polar surface area (TPSA) is 55.4 Å². The summed E-state index contributed by atoms with van der Waals surface area (Å²) < 4.78 is 29.2. The summed E-state index contributed by atoms with van der Waals surface area (Å²) in [6.45, 7) is 8.06. The SMILES string of the molecule is C.CC1=CC(C)NS(=O)(=O)O1.CCCCCCCC[N+](C)(C)Cc1ccccc1. The molecule has 29 heavy (non-hydrogen) atoms. The zero-order valence-corrected chi connectivity index (χ0v) is 19.1. The molecule has 0 aromatic heterocycles. The molecule has 0 aliphatic carbocycles. The maximum Gasteiger partial charge on any atom is 0.382 e. The number of hydrogen-bond donors (Lipinski definition) is 1. The van der Waals surface area contributed by atoms with E-state index in [0.29, 0.717) is 5.76 Å². The number of hydrogen-bond acceptors (Lipinski definition) is 3. The number of quaternary nitrogens is 1. The van der Waals surface area contributed by atoms with E-state index < -0.39 is 10.3 Å². The summed E-state index contributed by atoms with van der Waals surface area (Å²) in [4.78, 5) is 0. The van der Waals surface area contributed by atoms with E-state index in [1.165, 1.54) is 50.6 Å². The van der Waals surface area contributed by atoms with Crippen LogP contribution in [0.4, 0.5) is 0 Å². The zero-order chi connectivity index (χ0) is 21.0. The zero-order valence-electron chi connectivity index (χ0n) is 18.3. The molecule has 1 atom stereocenters. The second kappa shape index (κ2) is 13.8. The van der Waals surface area contributed by atoms with Gasteiger partial charge in [0.15, 0.2) is 0 Å². The van der Waals surface area contributed by atoms with Crippen LogP contribution >= 0.6 is 0 Å². The summed E-state index contributed by atoms with van der Waals surface area (Å²) >= 11 is 0. The van der Waals surface area contributed by atoms with Crippen LogP contribution in [0.1, 0.15) is 72.3 Å². The fourth-order valence-corrected chi connectivity index (χ4v) is 4.29. The first-order chi connectivity index (χ1) is 13.1. The molecule has 5 nitrogen and oxygen atoms in total. The van der Waals surface area contributed by atoms with Crippen molar-refractivity contribution in [3.8, 4) is 0 Å². The number of nitrogens with one attached hydrogen (secondary N) is 1. The van der Waals surface area contributed by atoms with Gasteiger partial charge in [-0.05, 0) is 32.8 Å². The number of unbranched alkanes of at least 4 members (excludes halogenated alkanes) is 5. The molecule has 1 aliphatic heterocycles. The Morgan fingerprint density at radius 1 is 1.03 bits per heavy atom. The van der Waals surface area contributed by atoms with E-state index >= 15 is 0 Å². The van der Waals surface area contributed by atoms with Crippen molar-refractivity contribution in [2.24, 2.45) is 0 Å². The fourth-order valence-electron chi connectivity index (χ4n) is 3.32. The van der Waals surface area contributed by atoms with Gasteiger partial charge in [-0.1, -0.05) is 70.4 Å². The third-order valence-electron chi connectivity index (χ3n) is 4.63.